The van der Waals surface area contributed by atoms with E-state index in [0.29, 0.717) is 10.4 Å². The summed E-state index contributed by atoms with van der Waals surface area (Å²) in [6.07, 6.45) is 3.75. The van der Waals surface area contributed by atoms with E-state index in [1.165, 1.54) is 0 Å². The Kier molecular flexibility index (Phi) is 2.15. The number of hydrogen-bond donors (Lipinski definition) is 0. The summed E-state index contributed by atoms with van der Waals surface area (Å²) in [6, 6.07) is 3.46. The van der Waals surface area contributed by atoms with Crippen molar-refractivity contribution < 1.29 is 4.21 Å². The lowest BCUT2D eigenvalue weighted by Crippen LogP contribution is -1.97. The van der Waals surface area contributed by atoms with Crippen LogP contribution in [0, 0.1) is 0 Å². The van der Waals surface area contributed by atoms with Crippen LogP contribution in [-0.4, -0.2) is 14.4 Å². The maximum absolute atomic E-state index is 11.5. The van der Waals surface area contributed by atoms with Crippen LogP contribution < -0.4 is 0 Å². The first kappa shape index (κ1) is 8.20. The van der Waals surface area contributed by atoms with Crippen LogP contribution in [-0.2, 0) is 10.8 Å². The second kappa shape index (κ2) is 3.15. The molecule has 1 saturated carbocycles. The van der Waals surface area contributed by atoms with Crippen LogP contribution in [0.3, 0.4) is 0 Å². The SMILES string of the molecule is O=S(c1ccc(Cl)nc1)C1CC1. The van der Waals surface area contributed by atoms with Crippen LogP contribution in [0.4, 0.5) is 0 Å². The molecule has 0 aromatic carbocycles. The fourth-order valence-electron chi connectivity index (χ4n) is 0.956. The fourth-order valence-corrected chi connectivity index (χ4v) is 2.38. The maximum Gasteiger partial charge on any atom is 0.129 e. The molecule has 0 N–H and O–H groups in total. The Morgan fingerprint density at radius 3 is 2.75 bits per heavy atom. The third-order valence-corrected chi connectivity index (χ3v) is 3.77. The van der Waals surface area contributed by atoms with Gasteiger partial charge in [-0.05, 0) is 25.0 Å². The highest BCUT2D eigenvalue weighted by atomic mass is 35.5. The molecule has 1 fully saturated rings. The minimum Gasteiger partial charge on any atom is -0.254 e. The predicted molar refractivity (Wildman–Crippen MR) is 48.7 cm³/mol. The third kappa shape index (κ3) is 1.67. The Balaban J connectivity index is 2.22. The standard InChI is InChI=1S/C8H8ClNOS/c9-8-4-3-7(5-10-8)12(11)6-1-2-6/h3-6H,1-2H2. The monoisotopic (exact) mass is 201 g/mol. The zero-order valence-electron chi connectivity index (χ0n) is 6.37. The van der Waals surface area contributed by atoms with E-state index >= 15 is 0 Å². The molecule has 64 valence electrons. The number of hydrogen-bond acceptors (Lipinski definition) is 2. The fraction of sp³-hybridized carbons (Fsp3) is 0.375. The van der Waals surface area contributed by atoms with E-state index in [2.05, 4.69) is 4.98 Å². The predicted octanol–water partition coefficient (Wildman–Crippen LogP) is 2.00. The second-order valence-electron chi connectivity index (χ2n) is 2.81. The van der Waals surface area contributed by atoms with E-state index in [1.807, 2.05) is 0 Å². The summed E-state index contributed by atoms with van der Waals surface area (Å²) in [5, 5.41) is 0.819. The molecule has 0 spiro atoms. The van der Waals surface area contributed by atoms with Gasteiger partial charge in [-0.1, -0.05) is 11.6 Å². The van der Waals surface area contributed by atoms with E-state index in [-0.39, 0.29) is 0 Å². The number of aromatic nitrogens is 1. The molecular weight excluding hydrogens is 194 g/mol. The van der Waals surface area contributed by atoms with Crippen molar-refractivity contribution in [2.24, 2.45) is 0 Å². The molecule has 1 aliphatic carbocycles. The molecule has 0 saturated heterocycles. The molecule has 12 heavy (non-hydrogen) atoms. The minimum absolute atomic E-state index is 0.368. The highest BCUT2D eigenvalue weighted by Gasteiger charge is 2.29. The molecule has 0 aliphatic heterocycles. The van der Waals surface area contributed by atoms with Gasteiger partial charge in [0, 0.05) is 11.4 Å². The van der Waals surface area contributed by atoms with Gasteiger partial charge in [-0.2, -0.15) is 0 Å². The van der Waals surface area contributed by atoms with Crippen molar-refractivity contribution in [2.45, 2.75) is 23.0 Å². The molecule has 1 aliphatic rings. The highest BCUT2D eigenvalue weighted by molar-refractivity contribution is 7.86. The topological polar surface area (TPSA) is 30.0 Å². The van der Waals surface area contributed by atoms with Gasteiger partial charge in [0.05, 0.1) is 15.7 Å². The Morgan fingerprint density at radius 1 is 1.50 bits per heavy atom. The van der Waals surface area contributed by atoms with Gasteiger partial charge in [0.25, 0.3) is 0 Å². The summed E-state index contributed by atoms with van der Waals surface area (Å²) >= 11 is 5.60. The first-order valence-electron chi connectivity index (χ1n) is 3.79. The van der Waals surface area contributed by atoms with Gasteiger partial charge in [-0.25, -0.2) is 4.98 Å². The Bertz CT molecular complexity index is 307. The van der Waals surface area contributed by atoms with Crippen molar-refractivity contribution in [1.29, 1.82) is 0 Å². The van der Waals surface area contributed by atoms with Crippen molar-refractivity contribution >= 4 is 22.4 Å². The van der Waals surface area contributed by atoms with Gasteiger partial charge in [-0.3, -0.25) is 4.21 Å². The molecule has 1 heterocycles. The molecule has 1 atom stereocenters. The Morgan fingerprint density at radius 2 is 2.25 bits per heavy atom. The summed E-state index contributed by atoms with van der Waals surface area (Å²) in [5.41, 5.74) is 0. The maximum atomic E-state index is 11.5. The van der Waals surface area contributed by atoms with Crippen LogP contribution >= 0.6 is 11.6 Å². The van der Waals surface area contributed by atoms with Crippen LogP contribution in [0.25, 0.3) is 0 Å². The van der Waals surface area contributed by atoms with Gasteiger partial charge in [0.1, 0.15) is 5.15 Å². The van der Waals surface area contributed by atoms with Gasteiger partial charge < -0.3 is 0 Å². The molecule has 1 aromatic rings. The zero-order valence-corrected chi connectivity index (χ0v) is 7.94. The van der Waals surface area contributed by atoms with Crippen molar-refractivity contribution in [3.63, 3.8) is 0 Å². The zero-order chi connectivity index (χ0) is 8.55. The lowest BCUT2D eigenvalue weighted by Gasteiger charge is -1.97. The van der Waals surface area contributed by atoms with Crippen molar-refractivity contribution in [3.05, 3.63) is 23.5 Å². The summed E-state index contributed by atoms with van der Waals surface area (Å²) in [4.78, 5) is 4.68. The first-order chi connectivity index (χ1) is 5.77. The summed E-state index contributed by atoms with van der Waals surface area (Å²) in [6.45, 7) is 0. The molecule has 1 aromatic heterocycles. The van der Waals surface area contributed by atoms with Crippen molar-refractivity contribution in [2.75, 3.05) is 0 Å². The number of halogens is 1. The normalized spacial score (nSPS) is 19.1. The molecule has 2 rings (SSSR count). The number of nitrogens with zero attached hydrogens (tertiary/aromatic N) is 1. The Labute approximate surface area is 78.4 Å². The average molecular weight is 202 g/mol. The van der Waals surface area contributed by atoms with Crippen LogP contribution in [0.15, 0.2) is 23.2 Å². The van der Waals surface area contributed by atoms with Crippen LogP contribution in [0.1, 0.15) is 12.8 Å². The van der Waals surface area contributed by atoms with E-state index in [1.54, 1.807) is 18.3 Å². The van der Waals surface area contributed by atoms with E-state index in [4.69, 9.17) is 11.6 Å². The smallest absolute Gasteiger partial charge is 0.129 e. The minimum atomic E-state index is -0.853. The van der Waals surface area contributed by atoms with Gasteiger partial charge >= 0.3 is 0 Å². The molecule has 0 radical (unpaired) electrons. The average Bonchev–Trinajstić information content (AvgIpc) is 2.87. The lowest BCUT2D eigenvalue weighted by molar-refractivity contribution is 0.682. The van der Waals surface area contributed by atoms with E-state index in [9.17, 15) is 4.21 Å². The second-order valence-corrected chi connectivity index (χ2v) is 4.93. The molecular formula is C8H8ClNOS. The lowest BCUT2D eigenvalue weighted by atomic mass is 10.5. The molecule has 4 heteroatoms. The van der Waals surface area contributed by atoms with E-state index < -0.39 is 10.8 Å². The molecule has 0 amide bonds. The van der Waals surface area contributed by atoms with Crippen molar-refractivity contribution in [1.82, 2.24) is 4.98 Å². The highest BCUT2D eigenvalue weighted by Crippen LogP contribution is 2.30. The quantitative estimate of drug-likeness (QED) is 0.686. The van der Waals surface area contributed by atoms with Gasteiger partial charge in [0.2, 0.25) is 0 Å². The van der Waals surface area contributed by atoms with Crippen LogP contribution in [0.2, 0.25) is 5.15 Å². The third-order valence-electron chi connectivity index (χ3n) is 1.76. The molecule has 2 nitrogen and oxygen atoms in total. The molecule has 0 bridgehead atoms. The number of rotatable bonds is 2. The first-order valence-corrected chi connectivity index (χ1v) is 5.38. The molecule has 1 unspecified atom stereocenters. The largest absolute Gasteiger partial charge is 0.254 e. The van der Waals surface area contributed by atoms with Crippen molar-refractivity contribution in [3.8, 4) is 0 Å². The van der Waals surface area contributed by atoms with E-state index in [0.717, 1.165) is 17.7 Å². The summed E-state index contributed by atoms with van der Waals surface area (Å²) in [5.74, 6) is 0. The number of pyridine rings is 1. The van der Waals surface area contributed by atoms with Gasteiger partial charge in [0.15, 0.2) is 0 Å². The Hall–Kier alpha value is -0.410. The summed E-state index contributed by atoms with van der Waals surface area (Å²) < 4.78 is 11.5. The summed E-state index contributed by atoms with van der Waals surface area (Å²) in [7, 11) is -0.853. The van der Waals surface area contributed by atoms with Crippen LogP contribution in [0.5, 0.6) is 0 Å². The van der Waals surface area contributed by atoms with Gasteiger partial charge in [-0.15, -0.1) is 0 Å².